The van der Waals surface area contributed by atoms with Crippen molar-refractivity contribution in [1.29, 1.82) is 0 Å². The molecule has 1 amide bonds. The van der Waals surface area contributed by atoms with Gasteiger partial charge >= 0.3 is 0 Å². The minimum Gasteiger partial charge on any atom is -0.353 e. The monoisotopic (exact) mass is 403 g/mol. The lowest BCUT2D eigenvalue weighted by Gasteiger charge is -2.14. The van der Waals surface area contributed by atoms with Crippen LogP contribution in [0.3, 0.4) is 0 Å². The van der Waals surface area contributed by atoms with Crippen molar-refractivity contribution in [3.8, 4) is 0 Å². The quantitative estimate of drug-likeness (QED) is 0.454. The molecular formula is C20H25N3O2S2. The van der Waals surface area contributed by atoms with Gasteiger partial charge in [-0.1, -0.05) is 36.8 Å². The van der Waals surface area contributed by atoms with E-state index in [1.807, 2.05) is 6.92 Å². The van der Waals surface area contributed by atoms with Crippen LogP contribution >= 0.6 is 23.1 Å². The molecule has 0 aliphatic heterocycles. The number of allylic oxidation sites excluding steroid dienone is 1. The van der Waals surface area contributed by atoms with E-state index in [9.17, 15) is 9.59 Å². The van der Waals surface area contributed by atoms with Crippen molar-refractivity contribution in [3.05, 3.63) is 32.9 Å². The first-order valence-electron chi connectivity index (χ1n) is 9.64. The molecule has 27 heavy (non-hydrogen) atoms. The van der Waals surface area contributed by atoms with Crippen LogP contribution in [0.25, 0.3) is 10.2 Å². The molecule has 1 N–H and O–H groups in total. The Balaban J connectivity index is 1.61. The normalized spacial score (nSPS) is 16.8. The Hall–Kier alpha value is -1.60. The molecule has 0 atom stereocenters. The second kappa shape index (κ2) is 7.80. The van der Waals surface area contributed by atoms with E-state index in [1.165, 1.54) is 35.0 Å². The molecule has 0 bridgehead atoms. The van der Waals surface area contributed by atoms with Crippen molar-refractivity contribution in [1.82, 2.24) is 14.9 Å². The van der Waals surface area contributed by atoms with E-state index in [-0.39, 0.29) is 17.2 Å². The maximum Gasteiger partial charge on any atom is 0.263 e. The Bertz CT molecular complexity index is 954. The molecule has 7 heteroatoms. The van der Waals surface area contributed by atoms with Gasteiger partial charge in [0, 0.05) is 17.5 Å². The SMILES string of the molecule is C=C(C)Cn1c(SCC(=O)NC2CCCC2)nc2sc3c(c2c1=O)CCC3. The summed E-state index contributed by atoms with van der Waals surface area (Å²) in [6, 6.07) is 0.312. The standard InChI is InChI=1S/C20H25N3O2S2/c1-12(2)10-23-19(25)17-14-8-5-9-15(14)27-18(17)22-20(23)26-11-16(24)21-13-6-3-4-7-13/h13H,1,3-11H2,2H3,(H,21,24). The maximum atomic E-state index is 13.2. The van der Waals surface area contributed by atoms with E-state index in [0.717, 1.165) is 47.9 Å². The van der Waals surface area contributed by atoms with Gasteiger partial charge in [-0.2, -0.15) is 0 Å². The summed E-state index contributed by atoms with van der Waals surface area (Å²) in [6.45, 7) is 6.32. The summed E-state index contributed by atoms with van der Waals surface area (Å²) < 4.78 is 1.70. The molecule has 2 heterocycles. The smallest absolute Gasteiger partial charge is 0.263 e. The van der Waals surface area contributed by atoms with E-state index >= 15 is 0 Å². The number of hydrogen-bond acceptors (Lipinski definition) is 5. The summed E-state index contributed by atoms with van der Waals surface area (Å²) in [5, 5.41) is 4.51. The van der Waals surface area contributed by atoms with Crippen molar-refractivity contribution in [2.24, 2.45) is 0 Å². The molecule has 0 saturated heterocycles. The van der Waals surface area contributed by atoms with Crippen LogP contribution in [0.4, 0.5) is 0 Å². The second-order valence-electron chi connectivity index (χ2n) is 7.62. The highest BCUT2D eigenvalue weighted by Crippen LogP contribution is 2.35. The fourth-order valence-corrected chi connectivity index (χ4v) is 6.16. The summed E-state index contributed by atoms with van der Waals surface area (Å²) >= 11 is 3.00. The van der Waals surface area contributed by atoms with Gasteiger partial charge in [0.15, 0.2) is 5.16 Å². The molecule has 5 nitrogen and oxygen atoms in total. The number of rotatable bonds is 6. The van der Waals surface area contributed by atoms with E-state index < -0.39 is 0 Å². The van der Waals surface area contributed by atoms with Gasteiger partial charge in [0.1, 0.15) is 4.83 Å². The van der Waals surface area contributed by atoms with Gasteiger partial charge in [0.25, 0.3) is 5.56 Å². The van der Waals surface area contributed by atoms with Gasteiger partial charge in [-0.05, 0) is 44.6 Å². The molecule has 2 aromatic heterocycles. The topological polar surface area (TPSA) is 64.0 Å². The first kappa shape index (κ1) is 18.7. The summed E-state index contributed by atoms with van der Waals surface area (Å²) in [5.74, 6) is 0.312. The van der Waals surface area contributed by atoms with E-state index in [1.54, 1.807) is 15.9 Å². The fourth-order valence-electron chi connectivity index (χ4n) is 4.05. The summed E-state index contributed by atoms with van der Waals surface area (Å²) in [4.78, 5) is 32.4. The summed E-state index contributed by atoms with van der Waals surface area (Å²) in [5.41, 5.74) is 2.11. The molecule has 2 aliphatic carbocycles. The third-order valence-corrected chi connectivity index (χ3v) is 7.43. The van der Waals surface area contributed by atoms with Crippen molar-refractivity contribution >= 4 is 39.2 Å². The first-order valence-corrected chi connectivity index (χ1v) is 11.4. The molecule has 2 aromatic rings. The zero-order valence-corrected chi connectivity index (χ0v) is 17.3. The molecule has 0 unspecified atom stereocenters. The number of carbonyl (C=O) groups excluding carboxylic acids is 1. The van der Waals surface area contributed by atoms with Crippen molar-refractivity contribution in [2.45, 2.75) is 69.6 Å². The molecule has 2 aliphatic rings. The lowest BCUT2D eigenvalue weighted by atomic mass is 10.2. The van der Waals surface area contributed by atoms with Crippen LogP contribution in [0.1, 0.15) is 49.5 Å². The van der Waals surface area contributed by atoms with Crippen molar-refractivity contribution in [2.75, 3.05) is 5.75 Å². The molecule has 1 fully saturated rings. The molecule has 144 valence electrons. The third kappa shape index (κ3) is 3.85. The fraction of sp³-hybridized carbons (Fsp3) is 0.550. The van der Waals surface area contributed by atoms with Crippen LogP contribution < -0.4 is 10.9 Å². The molecule has 4 rings (SSSR count). The van der Waals surface area contributed by atoms with Gasteiger partial charge in [-0.3, -0.25) is 14.2 Å². The minimum atomic E-state index is 0.0149. The predicted octanol–water partition coefficient (Wildman–Crippen LogP) is 3.67. The Kier molecular flexibility index (Phi) is 5.41. The van der Waals surface area contributed by atoms with Gasteiger partial charge in [0.05, 0.1) is 11.1 Å². The molecule has 0 radical (unpaired) electrons. The average Bonchev–Trinajstić information content (AvgIpc) is 3.32. The van der Waals surface area contributed by atoms with Crippen molar-refractivity contribution in [3.63, 3.8) is 0 Å². The number of thioether (sulfide) groups is 1. The van der Waals surface area contributed by atoms with Crippen LogP contribution in [0.5, 0.6) is 0 Å². The molecule has 1 saturated carbocycles. The Morgan fingerprint density at radius 3 is 2.85 bits per heavy atom. The van der Waals surface area contributed by atoms with E-state index in [2.05, 4.69) is 11.9 Å². The Morgan fingerprint density at radius 1 is 1.33 bits per heavy atom. The van der Waals surface area contributed by atoms with Crippen LogP contribution in [0, 0.1) is 0 Å². The lowest BCUT2D eigenvalue weighted by Crippen LogP contribution is -2.34. The van der Waals surface area contributed by atoms with Crippen LogP contribution in [-0.2, 0) is 24.2 Å². The highest BCUT2D eigenvalue weighted by Gasteiger charge is 2.24. The molecule has 0 spiro atoms. The maximum absolute atomic E-state index is 13.2. The number of nitrogens with one attached hydrogen (secondary N) is 1. The number of amides is 1. The second-order valence-corrected chi connectivity index (χ2v) is 9.64. The van der Waals surface area contributed by atoms with Crippen LogP contribution in [0.15, 0.2) is 22.1 Å². The van der Waals surface area contributed by atoms with Crippen molar-refractivity contribution < 1.29 is 4.79 Å². The number of thiophene rings is 1. The number of carbonyl (C=O) groups is 1. The largest absolute Gasteiger partial charge is 0.353 e. The molecule has 0 aromatic carbocycles. The van der Waals surface area contributed by atoms with Gasteiger partial charge in [-0.15, -0.1) is 11.3 Å². The summed E-state index contributed by atoms with van der Waals surface area (Å²) in [7, 11) is 0. The van der Waals surface area contributed by atoms with Crippen LogP contribution in [0.2, 0.25) is 0 Å². The number of aryl methyl sites for hydroxylation is 2. The zero-order valence-electron chi connectivity index (χ0n) is 15.7. The number of aromatic nitrogens is 2. The highest BCUT2D eigenvalue weighted by atomic mass is 32.2. The van der Waals surface area contributed by atoms with Gasteiger partial charge in [-0.25, -0.2) is 4.98 Å². The van der Waals surface area contributed by atoms with Gasteiger partial charge in [0.2, 0.25) is 5.91 Å². The summed E-state index contributed by atoms with van der Waals surface area (Å²) in [6.07, 6.45) is 7.66. The zero-order chi connectivity index (χ0) is 19.0. The van der Waals surface area contributed by atoms with E-state index in [4.69, 9.17) is 4.98 Å². The number of fused-ring (bicyclic) bond motifs is 3. The molecular weight excluding hydrogens is 378 g/mol. The third-order valence-electron chi connectivity index (χ3n) is 5.27. The highest BCUT2D eigenvalue weighted by molar-refractivity contribution is 7.99. The van der Waals surface area contributed by atoms with Crippen LogP contribution in [-0.4, -0.2) is 27.3 Å². The van der Waals surface area contributed by atoms with E-state index in [0.29, 0.717) is 17.7 Å². The van der Waals surface area contributed by atoms with Gasteiger partial charge < -0.3 is 5.32 Å². The number of nitrogens with zero attached hydrogens (tertiary/aromatic N) is 2. The minimum absolute atomic E-state index is 0.0149. The lowest BCUT2D eigenvalue weighted by molar-refractivity contribution is -0.119. The Morgan fingerprint density at radius 2 is 2.11 bits per heavy atom. The first-order chi connectivity index (χ1) is 13.0. The number of hydrogen-bond donors (Lipinski definition) is 1. The average molecular weight is 404 g/mol. The Labute approximate surface area is 167 Å². The predicted molar refractivity (Wildman–Crippen MR) is 112 cm³/mol.